The van der Waals surface area contributed by atoms with E-state index in [9.17, 15) is 9.59 Å². The van der Waals surface area contributed by atoms with E-state index in [-0.39, 0.29) is 11.8 Å². The Morgan fingerprint density at radius 1 is 1.12 bits per heavy atom. The Bertz CT molecular complexity index is 790. The first-order valence-electron chi connectivity index (χ1n) is 7.92. The van der Waals surface area contributed by atoms with Crippen molar-refractivity contribution in [2.24, 2.45) is 0 Å². The molecule has 2 aromatic rings. The van der Waals surface area contributed by atoms with Crippen molar-refractivity contribution < 1.29 is 9.59 Å². The van der Waals surface area contributed by atoms with Crippen molar-refractivity contribution >= 4 is 33.4 Å². The summed E-state index contributed by atoms with van der Waals surface area (Å²) in [5.41, 5.74) is 2.57. The smallest absolute Gasteiger partial charge is 0.254 e. The molecule has 0 saturated carbocycles. The molecule has 1 fully saturated rings. The minimum absolute atomic E-state index is 0.0427. The molecule has 1 atom stereocenters. The average molecular weight is 387 g/mol. The van der Waals surface area contributed by atoms with Crippen molar-refractivity contribution in [3.8, 4) is 0 Å². The van der Waals surface area contributed by atoms with Crippen molar-refractivity contribution in [2.45, 2.75) is 19.9 Å². The molecule has 0 spiro atoms. The van der Waals surface area contributed by atoms with Gasteiger partial charge in [0.2, 0.25) is 5.91 Å². The zero-order valence-electron chi connectivity index (χ0n) is 13.7. The number of carbonyl (C=O) groups excluding carboxylic acids is 2. The lowest BCUT2D eigenvalue weighted by Gasteiger charge is -2.39. The molecule has 4 nitrogen and oxygen atoms in total. The number of hydrogen-bond acceptors (Lipinski definition) is 2. The van der Waals surface area contributed by atoms with E-state index >= 15 is 0 Å². The van der Waals surface area contributed by atoms with Crippen LogP contribution < -0.4 is 4.90 Å². The topological polar surface area (TPSA) is 40.6 Å². The Balaban J connectivity index is 1.83. The third kappa shape index (κ3) is 3.08. The summed E-state index contributed by atoms with van der Waals surface area (Å²) in [5.74, 6) is -0.152. The molecule has 0 aliphatic carbocycles. The standard InChI is InChI=1S/C19H19BrN2O2/c1-13-6-3-4-9-17(13)22-11-10-21(14(2)18(22)23)19(24)15-7-5-8-16(20)12-15/h3-9,12,14H,10-11H2,1-2H3/t14-/m1/s1. The maximum Gasteiger partial charge on any atom is 0.254 e. The third-order valence-corrected chi connectivity index (χ3v) is 4.89. The molecule has 0 aromatic heterocycles. The van der Waals surface area contributed by atoms with Gasteiger partial charge in [-0.15, -0.1) is 0 Å². The van der Waals surface area contributed by atoms with Gasteiger partial charge in [-0.2, -0.15) is 0 Å². The second-order valence-corrected chi connectivity index (χ2v) is 6.88. The highest BCUT2D eigenvalue weighted by Crippen LogP contribution is 2.25. The zero-order valence-corrected chi connectivity index (χ0v) is 15.3. The summed E-state index contributed by atoms with van der Waals surface area (Å²) in [5, 5.41) is 0. The monoisotopic (exact) mass is 386 g/mol. The molecule has 1 aliphatic rings. The number of aryl methyl sites for hydroxylation is 1. The fourth-order valence-electron chi connectivity index (χ4n) is 3.04. The van der Waals surface area contributed by atoms with E-state index in [1.807, 2.05) is 43.3 Å². The summed E-state index contributed by atoms with van der Waals surface area (Å²) in [6.45, 7) is 4.81. The molecule has 2 aromatic carbocycles. The number of nitrogens with zero attached hydrogens (tertiary/aromatic N) is 2. The Labute approximate surface area is 150 Å². The van der Waals surface area contributed by atoms with Crippen LogP contribution in [0.4, 0.5) is 5.69 Å². The van der Waals surface area contributed by atoms with Gasteiger partial charge >= 0.3 is 0 Å². The highest BCUT2D eigenvalue weighted by atomic mass is 79.9. The molecule has 1 saturated heterocycles. The molecular weight excluding hydrogens is 368 g/mol. The SMILES string of the molecule is Cc1ccccc1N1CCN(C(=O)c2cccc(Br)c2)[C@H](C)C1=O. The molecule has 124 valence electrons. The summed E-state index contributed by atoms with van der Waals surface area (Å²) in [6, 6.07) is 14.6. The van der Waals surface area contributed by atoms with Crippen molar-refractivity contribution in [1.82, 2.24) is 4.90 Å². The van der Waals surface area contributed by atoms with Gasteiger partial charge < -0.3 is 9.80 Å². The van der Waals surface area contributed by atoms with Crippen LogP contribution in [0, 0.1) is 6.92 Å². The molecule has 0 N–H and O–H groups in total. The van der Waals surface area contributed by atoms with Gasteiger partial charge in [-0.05, 0) is 43.7 Å². The van der Waals surface area contributed by atoms with E-state index in [1.54, 1.807) is 28.9 Å². The average Bonchev–Trinajstić information content (AvgIpc) is 2.57. The van der Waals surface area contributed by atoms with Gasteiger partial charge in [-0.25, -0.2) is 0 Å². The molecule has 1 heterocycles. The van der Waals surface area contributed by atoms with Crippen LogP contribution in [0.15, 0.2) is 53.0 Å². The van der Waals surface area contributed by atoms with Gasteiger partial charge in [0.1, 0.15) is 6.04 Å². The van der Waals surface area contributed by atoms with E-state index in [2.05, 4.69) is 15.9 Å². The number of para-hydroxylation sites is 1. The summed E-state index contributed by atoms with van der Waals surface area (Å²) < 4.78 is 0.853. The molecule has 0 unspecified atom stereocenters. The van der Waals surface area contributed by atoms with Gasteiger partial charge in [0.05, 0.1) is 0 Å². The number of hydrogen-bond donors (Lipinski definition) is 0. The van der Waals surface area contributed by atoms with E-state index < -0.39 is 6.04 Å². The normalized spacial score (nSPS) is 18.0. The summed E-state index contributed by atoms with van der Waals surface area (Å²) >= 11 is 3.38. The highest BCUT2D eigenvalue weighted by Gasteiger charge is 2.35. The maximum absolute atomic E-state index is 12.8. The number of piperazine rings is 1. The van der Waals surface area contributed by atoms with Crippen molar-refractivity contribution in [3.63, 3.8) is 0 Å². The molecule has 5 heteroatoms. The Hall–Kier alpha value is -2.14. The predicted octanol–water partition coefficient (Wildman–Crippen LogP) is 3.64. The first kappa shape index (κ1) is 16.7. The Morgan fingerprint density at radius 2 is 1.88 bits per heavy atom. The largest absolute Gasteiger partial charge is 0.325 e. The second-order valence-electron chi connectivity index (χ2n) is 5.96. The van der Waals surface area contributed by atoms with Gasteiger partial charge in [0.15, 0.2) is 0 Å². The third-order valence-electron chi connectivity index (χ3n) is 4.39. The van der Waals surface area contributed by atoms with Gasteiger partial charge in [-0.1, -0.05) is 40.2 Å². The van der Waals surface area contributed by atoms with Crippen LogP contribution in [0.2, 0.25) is 0 Å². The minimum atomic E-state index is -0.482. The van der Waals surface area contributed by atoms with Crippen molar-refractivity contribution in [1.29, 1.82) is 0 Å². The Morgan fingerprint density at radius 3 is 2.58 bits per heavy atom. The lowest BCUT2D eigenvalue weighted by molar-refractivity contribution is -0.124. The van der Waals surface area contributed by atoms with Crippen LogP contribution in [0.3, 0.4) is 0 Å². The Kier molecular flexibility index (Phi) is 4.71. The number of carbonyl (C=O) groups is 2. The van der Waals surface area contributed by atoms with Gasteiger partial charge in [0.25, 0.3) is 5.91 Å². The summed E-state index contributed by atoms with van der Waals surface area (Å²) in [7, 11) is 0. The van der Waals surface area contributed by atoms with E-state index in [0.29, 0.717) is 18.7 Å². The van der Waals surface area contributed by atoms with Crippen LogP contribution in [0.5, 0.6) is 0 Å². The first-order valence-corrected chi connectivity index (χ1v) is 8.72. The van der Waals surface area contributed by atoms with E-state index in [0.717, 1.165) is 15.7 Å². The number of rotatable bonds is 2. The number of halogens is 1. The molecule has 2 amide bonds. The molecule has 0 radical (unpaired) electrons. The van der Waals surface area contributed by atoms with Gasteiger partial charge in [0, 0.05) is 28.8 Å². The van der Waals surface area contributed by atoms with E-state index in [1.165, 1.54) is 0 Å². The fraction of sp³-hybridized carbons (Fsp3) is 0.263. The quantitative estimate of drug-likeness (QED) is 0.790. The van der Waals surface area contributed by atoms with Crippen molar-refractivity contribution in [3.05, 3.63) is 64.1 Å². The molecule has 1 aliphatic heterocycles. The van der Waals surface area contributed by atoms with Crippen LogP contribution in [0.25, 0.3) is 0 Å². The lowest BCUT2D eigenvalue weighted by Crippen LogP contribution is -2.57. The number of anilines is 1. The first-order chi connectivity index (χ1) is 11.5. The van der Waals surface area contributed by atoms with Crippen LogP contribution in [0.1, 0.15) is 22.8 Å². The summed E-state index contributed by atoms with van der Waals surface area (Å²) in [4.78, 5) is 29.0. The minimum Gasteiger partial charge on any atom is -0.325 e. The maximum atomic E-state index is 12.8. The predicted molar refractivity (Wildman–Crippen MR) is 98.2 cm³/mol. The van der Waals surface area contributed by atoms with Gasteiger partial charge in [-0.3, -0.25) is 9.59 Å². The highest BCUT2D eigenvalue weighted by molar-refractivity contribution is 9.10. The zero-order chi connectivity index (χ0) is 17.3. The van der Waals surface area contributed by atoms with Crippen LogP contribution in [-0.2, 0) is 4.79 Å². The van der Waals surface area contributed by atoms with Crippen LogP contribution >= 0.6 is 15.9 Å². The van der Waals surface area contributed by atoms with Crippen LogP contribution in [-0.4, -0.2) is 35.8 Å². The fourth-order valence-corrected chi connectivity index (χ4v) is 3.44. The summed E-state index contributed by atoms with van der Waals surface area (Å²) in [6.07, 6.45) is 0. The second kappa shape index (κ2) is 6.77. The van der Waals surface area contributed by atoms with E-state index in [4.69, 9.17) is 0 Å². The molecular formula is C19H19BrN2O2. The molecule has 3 rings (SSSR count). The lowest BCUT2D eigenvalue weighted by atomic mass is 10.1. The number of amides is 2. The number of benzene rings is 2. The molecule has 24 heavy (non-hydrogen) atoms. The molecule has 0 bridgehead atoms. The van der Waals surface area contributed by atoms with Crippen molar-refractivity contribution in [2.75, 3.05) is 18.0 Å².